The number of hydrogen-bond donors (Lipinski definition) is 0. The molecule has 4 rings (SSSR count). The Labute approximate surface area is 188 Å². The van der Waals surface area contributed by atoms with Gasteiger partial charge < -0.3 is 9.47 Å². The molecule has 0 N–H and O–H groups in total. The Morgan fingerprint density at radius 2 is 1.65 bits per heavy atom. The Balaban J connectivity index is 1.83. The van der Waals surface area contributed by atoms with E-state index in [4.69, 9.17) is 21.1 Å². The number of rotatable bonds is 6. The molecule has 10 heteroatoms. The smallest absolute Gasteiger partial charge is 0.251 e. The standard InChI is InChI=1S/C21H18ClN3O4S2/c1-13-12-14(2)25(24-13)21-23-19(29-17-8-6-16(28-3)7-9-17)20(30-21)31(26,27)18-10-4-15(22)5-11-18/h4-12H,1-3H3. The predicted octanol–water partition coefficient (Wildman–Crippen LogP) is 5.23. The number of ether oxygens (including phenoxy) is 2. The van der Waals surface area contributed by atoms with Crippen molar-refractivity contribution in [2.45, 2.75) is 23.0 Å². The number of halogens is 1. The maximum atomic E-state index is 13.4. The van der Waals surface area contributed by atoms with Crippen molar-refractivity contribution < 1.29 is 17.9 Å². The summed E-state index contributed by atoms with van der Waals surface area (Å²) in [6, 6.07) is 14.7. The number of thiazole rings is 1. The van der Waals surface area contributed by atoms with Crippen LogP contribution in [0.2, 0.25) is 5.02 Å². The van der Waals surface area contributed by atoms with Crippen LogP contribution in [0.25, 0.3) is 5.13 Å². The fraction of sp³-hybridized carbons (Fsp3) is 0.143. The molecule has 160 valence electrons. The van der Waals surface area contributed by atoms with E-state index in [0.29, 0.717) is 21.7 Å². The zero-order chi connectivity index (χ0) is 22.2. The highest BCUT2D eigenvalue weighted by atomic mass is 35.5. The fourth-order valence-corrected chi connectivity index (χ4v) is 5.75. The molecule has 0 fully saturated rings. The number of sulfone groups is 1. The van der Waals surface area contributed by atoms with Crippen molar-refractivity contribution in [2.75, 3.05) is 7.11 Å². The van der Waals surface area contributed by atoms with E-state index >= 15 is 0 Å². The SMILES string of the molecule is COc1ccc(Oc2nc(-n3nc(C)cc3C)sc2S(=O)(=O)c2ccc(Cl)cc2)cc1. The molecule has 0 aliphatic rings. The van der Waals surface area contributed by atoms with Crippen LogP contribution in [0.4, 0.5) is 0 Å². The molecule has 7 nitrogen and oxygen atoms in total. The molecule has 0 saturated carbocycles. The van der Waals surface area contributed by atoms with Crippen molar-refractivity contribution >= 4 is 32.8 Å². The highest BCUT2D eigenvalue weighted by molar-refractivity contribution is 7.93. The Bertz CT molecular complexity index is 1330. The van der Waals surface area contributed by atoms with Crippen LogP contribution >= 0.6 is 22.9 Å². The van der Waals surface area contributed by atoms with E-state index in [1.54, 1.807) is 36.1 Å². The fourth-order valence-electron chi connectivity index (χ4n) is 2.91. The summed E-state index contributed by atoms with van der Waals surface area (Å²) >= 11 is 6.92. The van der Waals surface area contributed by atoms with Gasteiger partial charge in [0.15, 0.2) is 4.21 Å². The number of aryl methyl sites for hydroxylation is 2. The molecule has 0 amide bonds. The minimum atomic E-state index is -3.91. The zero-order valence-corrected chi connectivity index (χ0v) is 19.3. The molecule has 2 heterocycles. The lowest BCUT2D eigenvalue weighted by atomic mass is 10.3. The minimum absolute atomic E-state index is 0.0202. The Hall–Kier alpha value is -2.88. The summed E-state index contributed by atoms with van der Waals surface area (Å²) < 4.78 is 39.4. The van der Waals surface area contributed by atoms with E-state index in [-0.39, 0.29) is 15.0 Å². The van der Waals surface area contributed by atoms with E-state index in [2.05, 4.69) is 10.1 Å². The van der Waals surface area contributed by atoms with Gasteiger partial charge in [0.1, 0.15) is 11.5 Å². The van der Waals surface area contributed by atoms with Crippen LogP contribution in [0.1, 0.15) is 11.4 Å². The molecule has 0 saturated heterocycles. The molecule has 0 atom stereocenters. The summed E-state index contributed by atoms with van der Waals surface area (Å²) in [5.41, 5.74) is 1.63. The lowest BCUT2D eigenvalue weighted by molar-refractivity contribution is 0.411. The number of benzene rings is 2. The van der Waals surface area contributed by atoms with Crippen molar-refractivity contribution in [3.05, 3.63) is 71.0 Å². The molecule has 0 spiro atoms. The number of hydrogen-bond acceptors (Lipinski definition) is 7. The van der Waals surface area contributed by atoms with E-state index in [0.717, 1.165) is 22.7 Å². The van der Waals surface area contributed by atoms with Crippen LogP contribution in [0.15, 0.2) is 63.7 Å². The summed E-state index contributed by atoms with van der Waals surface area (Å²) in [6.07, 6.45) is 0. The van der Waals surface area contributed by atoms with Crippen LogP contribution in [-0.2, 0) is 9.84 Å². The van der Waals surface area contributed by atoms with Crippen LogP contribution in [0, 0.1) is 13.8 Å². The van der Waals surface area contributed by atoms with Gasteiger partial charge in [-0.05, 0) is 68.4 Å². The highest BCUT2D eigenvalue weighted by Crippen LogP contribution is 2.39. The summed E-state index contributed by atoms with van der Waals surface area (Å²) in [7, 11) is -2.34. The minimum Gasteiger partial charge on any atom is -0.497 e. The zero-order valence-electron chi connectivity index (χ0n) is 16.9. The first-order valence-electron chi connectivity index (χ1n) is 9.15. The summed E-state index contributed by atoms with van der Waals surface area (Å²) in [4.78, 5) is 4.56. The molecule has 0 bridgehead atoms. The van der Waals surface area contributed by atoms with Crippen LogP contribution in [0.3, 0.4) is 0 Å². The quantitative estimate of drug-likeness (QED) is 0.379. The first-order valence-corrected chi connectivity index (χ1v) is 11.8. The van der Waals surface area contributed by atoms with Gasteiger partial charge >= 0.3 is 0 Å². The van der Waals surface area contributed by atoms with Gasteiger partial charge in [-0.1, -0.05) is 22.9 Å². The van der Waals surface area contributed by atoms with Crippen molar-refractivity contribution in [1.82, 2.24) is 14.8 Å². The Morgan fingerprint density at radius 3 is 2.23 bits per heavy atom. The van der Waals surface area contributed by atoms with Gasteiger partial charge in [0, 0.05) is 10.7 Å². The lowest BCUT2D eigenvalue weighted by Crippen LogP contribution is -2.01. The topological polar surface area (TPSA) is 83.3 Å². The number of nitrogens with zero attached hydrogens (tertiary/aromatic N) is 3. The second-order valence-electron chi connectivity index (χ2n) is 6.66. The number of methoxy groups -OCH3 is 1. The molecule has 0 radical (unpaired) electrons. The summed E-state index contributed by atoms with van der Waals surface area (Å²) in [5.74, 6) is 1.06. The van der Waals surface area contributed by atoms with Crippen molar-refractivity contribution in [3.63, 3.8) is 0 Å². The second kappa shape index (κ2) is 8.33. The van der Waals surface area contributed by atoms with Gasteiger partial charge in [-0.25, -0.2) is 13.1 Å². The van der Waals surface area contributed by atoms with Gasteiger partial charge in [0.2, 0.25) is 15.0 Å². The third-order valence-corrected chi connectivity index (χ3v) is 7.91. The first-order chi connectivity index (χ1) is 14.8. The third-order valence-electron chi connectivity index (χ3n) is 4.39. The van der Waals surface area contributed by atoms with Gasteiger partial charge in [-0.15, -0.1) is 0 Å². The van der Waals surface area contributed by atoms with E-state index < -0.39 is 9.84 Å². The molecular weight excluding hydrogens is 458 g/mol. The van der Waals surface area contributed by atoms with E-state index in [1.807, 2.05) is 19.9 Å². The molecule has 2 aromatic carbocycles. The van der Waals surface area contributed by atoms with Crippen molar-refractivity contribution in [1.29, 1.82) is 0 Å². The largest absolute Gasteiger partial charge is 0.497 e. The number of aromatic nitrogens is 3. The van der Waals surface area contributed by atoms with Crippen LogP contribution in [0.5, 0.6) is 17.4 Å². The molecule has 0 aliphatic heterocycles. The van der Waals surface area contributed by atoms with Crippen molar-refractivity contribution in [3.8, 4) is 22.5 Å². The lowest BCUT2D eigenvalue weighted by Gasteiger charge is -2.07. The second-order valence-corrected chi connectivity index (χ2v) is 10.2. The molecule has 0 unspecified atom stereocenters. The van der Waals surface area contributed by atoms with Crippen LogP contribution in [-0.4, -0.2) is 30.3 Å². The average Bonchev–Trinajstić information content (AvgIpc) is 3.31. The molecule has 31 heavy (non-hydrogen) atoms. The summed E-state index contributed by atoms with van der Waals surface area (Å²) in [6.45, 7) is 3.73. The molecular formula is C21H18ClN3O4S2. The Morgan fingerprint density at radius 1 is 1.00 bits per heavy atom. The van der Waals surface area contributed by atoms with E-state index in [9.17, 15) is 8.42 Å². The van der Waals surface area contributed by atoms with Gasteiger partial charge in [-0.3, -0.25) is 0 Å². The molecule has 0 aliphatic carbocycles. The van der Waals surface area contributed by atoms with Gasteiger partial charge in [0.25, 0.3) is 5.88 Å². The van der Waals surface area contributed by atoms with Gasteiger partial charge in [0.05, 0.1) is 17.7 Å². The average molecular weight is 476 g/mol. The maximum absolute atomic E-state index is 13.4. The highest BCUT2D eigenvalue weighted by Gasteiger charge is 2.29. The van der Waals surface area contributed by atoms with Crippen molar-refractivity contribution in [2.24, 2.45) is 0 Å². The summed E-state index contributed by atoms with van der Waals surface area (Å²) in [5, 5.41) is 5.25. The Kier molecular flexibility index (Phi) is 5.74. The third kappa shape index (κ3) is 4.30. The maximum Gasteiger partial charge on any atom is 0.251 e. The molecule has 2 aromatic heterocycles. The van der Waals surface area contributed by atoms with Gasteiger partial charge in [-0.2, -0.15) is 10.1 Å². The first kappa shape index (κ1) is 21.4. The van der Waals surface area contributed by atoms with Crippen LogP contribution < -0.4 is 9.47 Å². The molecule has 4 aromatic rings. The predicted molar refractivity (Wildman–Crippen MR) is 119 cm³/mol. The van der Waals surface area contributed by atoms with E-state index in [1.165, 1.54) is 24.3 Å². The monoisotopic (exact) mass is 475 g/mol. The normalized spacial score (nSPS) is 11.5.